The number of carbonyl (C=O) groups excluding carboxylic acids is 1. The van der Waals surface area contributed by atoms with Gasteiger partial charge in [-0.25, -0.2) is 4.98 Å². The Morgan fingerprint density at radius 1 is 1.17 bits per heavy atom. The van der Waals surface area contributed by atoms with Gasteiger partial charge in [0.15, 0.2) is 5.82 Å². The summed E-state index contributed by atoms with van der Waals surface area (Å²) in [6.07, 6.45) is 7.22. The number of piperidine rings is 1. The summed E-state index contributed by atoms with van der Waals surface area (Å²) < 4.78 is 5.32. The van der Waals surface area contributed by atoms with Crippen molar-refractivity contribution in [2.75, 3.05) is 13.1 Å². The second-order valence-corrected chi connectivity index (χ2v) is 6.37. The van der Waals surface area contributed by atoms with Crippen LogP contribution in [0.5, 0.6) is 0 Å². The number of nitrogens with zero attached hydrogens (tertiary/aromatic N) is 5. The fourth-order valence-electron chi connectivity index (χ4n) is 2.95. The van der Waals surface area contributed by atoms with Gasteiger partial charge in [0, 0.05) is 31.1 Å². The molecular formula is C16H19N5O2. The largest absolute Gasteiger partial charge is 0.342 e. The van der Waals surface area contributed by atoms with Crippen molar-refractivity contribution in [3.8, 4) is 11.6 Å². The Hall–Kier alpha value is -2.31. The first-order chi connectivity index (χ1) is 11.2. The summed E-state index contributed by atoms with van der Waals surface area (Å²) in [4.78, 5) is 27.0. The van der Waals surface area contributed by atoms with E-state index < -0.39 is 0 Å². The molecular weight excluding hydrogens is 294 g/mol. The summed E-state index contributed by atoms with van der Waals surface area (Å²) in [5.74, 6) is 1.98. The Morgan fingerprint density at radius 3 is 2.61 bits per heavy atom. The number of hydrogen-bond donors (Lipinski definition) is 0. The minimum Gasteiger partial charge on any atom is -0.342 e. The quantitative estimate of drug-likeness (QED) is 0.861. The van der Waals surface area contributed by atoms with Crippen molar-refractivity contribution in [3.63, 3.8) is 0 Å². The molecule has 2 aliphatic rings. The molecule has 1 saturated carbocycles. The SMILES string of the molecule is Cc1cnc(-c2nc(C3CCN(C(=O)C4CC4)CC3)no2)cn1. The third-order valence-electron chi connectivity index (χ3n) is 4.54. The van der Waals surface area contributed by atoms with Gasteiger partial charge in [0.05, 0.1) is 11.9 Å². The molecule has 0 radical (unpaired) electrons. The highest BCUT2D eigenvalue weighted by atomic mass is 16.5. The molecule has 2 aromatic rings. The predicted octanol–water partition coefficient (Wildman–Crippen LogP) is 1.95. The molecule has 1 aliphatic heterocycles. The van der Waals surface area contributed by atoms with Gasteiger partial charge in [-0.3, -0.25) is 9.78 Å². The smallest absolute Gasteiger partial charge is 0.278 e. The molecule has 0 bridgehead atoms. The van der Waals surface area contributed by atoms with E-state index in [2.05, 4.69) is 20.1 Å². The van der Waals surface area contributed by atoms with Gasteiger partial charge in [-0.2, -0.15) is 4.98 Å². The third-order valence-corrected chi connectivity index (χ3v) is 4.54. The standard InChI is InChI=1S/C16H19N5O2/c1-10-8-18-13(9-17-10)15-19-14(20-23-15)11-4-6-21(7-5-11)16(22)12-2-3-12/h8-9,11-12H,2-7H2,1H3. The molecule has 0 N–H and O–H groups in total. The van der Waals surface area contributed by atoms with Crippen molar-refractivity contribution in [1.29, 1.82) is 0 Å². The molecule has 23 heavy (non-hydrogen) atoms. The molecule has 7 heteroatoms. The summed E-state index contributed by atoms with van der Waals surface area (Å²) in [6, 6.07) is 0. The maximum atomic E-state index is 12.1. The van der Waals surface area contributed by atoms with Crippen molar-refractivity contribution >= 4 is 5.91 Å². The van der Waals surface area contributed by atoms with E-state index in [-0.39, 0.29) is 5.92 Å². The van der Waals surface area contributed by atoms with Crippen LogP contribution >= 0.6 is 0 Å². The van der Waals surface area contributed by atoms with Crippen LogP contribution in [-0.4, -0.2) is 44.0 Å². The lowest BCUT2D eigenvalue weighted by Gasteiger charge is -2.30. The van der Waals surface area contributed by atoms with Gasteiger partial charge in [-0.15, -0.1) is 0 Å². The second-order valence-electron chi connectivity index (χ2n) is 6.37. The van der Waals surface area contributed by atoms with Gasteiger partial charge in [0.25, 0.3) is 5.89 Å². The molecule has 1 saturated heterocycles. The first-order valence-corrected chi connectivity index (χ1v) is 8.12. The van der Waals surface area contributed by atoms with Crippen LogP contribution in [0.4, 0.5) is 0 Å². The number of rotatable bonds is 3. The fraction of sp³-hybridized carbons (Fsp3) is 0.562. The first kappa shape index (κ1) is 14.3. The van der Waals surface area contributed by atoms with Crippen LogP contribution in [0.15, 0.2) is 16.9 Å². The number of hydrogen-bond acceptors (Lipinski definition) is 6. The van der Waals surface area contributed by atoms with E-state index in [9.17, 15) is 4.79 Å². The van der Waals surface area contributed by atoms with Gasteiger partial charge < -0.3 is 9.42 Å². The summed E-state index contributed by atoms with van der Waals surface area (Å²) in [7, 11) is 0. The Kier molecular flexibility index (Phi) is 3.55. The number of carbonyl (C=O) groups is 1. The molecule has 120 valence electrons. The van der Waals surface area contributed by atoms with E-state index >= 15 is 0 Å². The molecule has 0 atom stereocenters. The molecule has 4 rings (SSSR count). The van der Waals surface area contributed by atoms with E-state index in [1.807, 2.05) is 11.8 Å². The van der Waals surface area contributed by atoms with Gasteiger partial charge in [0.2, 0.25) is 5.91 Å². The summed E-state index contributed by atoms with van der Waals surface area (Å²) in [5.41, 5.74) is 1.44. The van der Waals surface area contributed by atoms with Gasteiger partial charge in [-0.05, 0) is 32.6 Å². The van der Waals surface area contributed by atoms with Crippen molar-refractivity contribution in [2.24, 2.45) is 5.92 Å². The molecule has 1 aliphatic carbocycles. The van der Waals surface area contributed by atoms with Gasteiger partial charge in [0.1, 0.15) is 5.69 Å². The number of aryl methyl sites for hydroxylation is 1. The predicted molar refractivity (Wildman–Crippen MR) is 81.3 cm³/mol. The lowest BCUT2D eigenvalue weighted by Crippen LogP contribution is -2.38. The summed E-state index contributed by atoms with van der Waals surface area (Å²) in [6.45, 7) is 3.45. The molecule has 2 aromatic heterocycles. The van der Waals surface area contributed by atoms with Crippen molar-refractivity contribution in [1.82, 2.24) is 25.0 Å². The number of amides is 1. The normalized spacial score (nSPS) is 19.1. The Balaban J connectivity index is 1.41. The van der Waals surface area contributed by atoms with Gasteiger partial charge >= 0.3 is 0 Å². The molecule has 7 nitrogen and oxygen atoms in total. The molecule has 3 heterocycles. The zero-order valence-corrected chi connectivity index (χ0v) is 13.1. The molecule has 0 spiro atoms. The Bertz CT molecular complexity index is 700. The van der Waals surface area contributed by atoms with Crippen molar-refractivity contribution < 1.29 is 9.32 Å². The highest BCUT2D eigenvalue weighted by Gasteiger charge is 2.35. The maximum absolute atomic E-state index is 12.1. The fourth-order valence-corrected chi connectivity index (χ4v) is 2.95. The summed E-state index contributed by atoms with van der Waals surface area (Å²) >= 11 is 0. The van der Waals surface area contributed by atoms with Crippen LogP contribution in [-0.2, 0) is 4.79 Å². The highest BCUT2D eigenvalue weighted by molar-refractivity contribution is 5.81. The number of likely N-dealkylation sites (tertiary alicyclic amines) is 1. The van der Waals surface area contributed by atoms with Gasteiger partial charge in [-0.1, -0.05) is 5.16 Å². The molecule has 0 aromatic carbocycles. The van der Waals surface area contributed by atoms with E-state index in [4.69, 9.17) is 4.52 Å². The molecule has 2 fully saturated rings. The van der Waals surface area contributed by atoms with Crippen LogP contribution in [0.3, 0.4) is 0 Å². The van der Waals surface area contributed by atoms with Crippen molar-refractivity contribution in [3.05, 3.63) is 23.9 Å². The van der Waals surface area contributed by atoms with E-state index in [0.717, 1.165) is 44.5 Å². The average molecular weight is 313 g/mol. The van der Waals surface area contributed by atoms with E-state index in [0.29, 0.717) is 29.2 Å². The minimum absolute atomic E-state index is 0.245. The van der Waals surface area contributed by atoms with Crippen LogP contribution in [0.2, 0.25) is 0 Å². The zero-order chi connectivity index (χ0) is 15.8. The zero-order valence-electron chi connectivity index (χ0n) is 13.1. The topological polar surface area (TPSA) is 85.0 Å². The van der Waals surface area contributed by atoms with Crippen LogP contribution in [0, 0.1) is 12.8 Å². The number of aromatic nitrogens is 4. The highest BCUT2D eigenvalue weighted by Crippen LogP contribution is 2.34. The maximum Gasteiger partial charge on any atom is 0.278 e. The van der Waals surface area contributed by atoms with Crippen LogP contribution in [0.1, 0.15) is 43.1 Å². The van der Waals surface area contributed by atoms with E-state index in [1.54, 1.807) is 12.4 Å². The lowest BCUT2D eigenvalue weighted by molar-refractivity contribution is -0.133. The summed E-state index contributed by atoms with van der Waals surface area (Å²) in [5, 5.41) is 4.10. The van der Waals surface area contributed by atoms with E-state index in [1.165, 1.54) is 0 Å². The monoisotopic (exact) mass is 313 g/mol. The first-order valence-electron chi connectivity index (χ1n) is 8.12. The molecule has 1 amide bonds. The molecule has 0 unspecified atom stereocenters. The Labute approximate surface area is 134 Å². The Morgan fingerprint density at radius 2 is 1.96 bits per heavy atom. The van der Waals surface area contributed by atoms with Crippen molar-refractivity contribution in [2.45, 2.75) is 38.5 Å². The van der Waals surface area contributed by atoms with Crippen LogP contribution in [0.25, 0.3) is 11.6 Å². The van der Waals surface area contributed by atoms with Crippen LogP contribution < -0.4 is 0 Å². The minimum atomic E-state index is 0.245. The second kappa shape index (κ2) is 5.72. The average Bonchev–Trinajstić information content (AvgIpc) is 3.32. The third kappa shape index (κ3) is 2.95. The lowest BCUT2D eigenvalue weighted by atomic mass is 9.96.